The lowest BCUT2D eigenvalue weighted by Crippen LogP contribution is -2.60. The Morgan fingerprint density at radius 3 is 2.70 bits per heavy atom. The molecule has 0 saturated carbocycles. The third-order valence-corrected chi connectivity index (χ3v) is 5.80. The molecule has 3 heterocycles. The van der Waals surface area contributed by atoms with Gasteiger partial charge in [-0.05, 0) is 30.2 Å². The van der Waals surface area contributed by atoms with Crippen LogP contribution in [-0.4, -0.2) is 60.1 Å². The van der Waals surface area contributed by atoms with E-state index in [1.807, 2.05) is 44.3 Å². The highest BCUT2D eigenvalue weighted by atomic mass is 16.4. The van der Waals surface area contributed by atoms with Crippen LogP contribution in [-0.2, 0) is 11.2 Å². The summed E-state index contributed by atoms with van der Waals surface area (Å²) in [5.74, 6) is 0.700. The summed E-state index contributed by atoms with van der Waals surface area (Å²) in [4.78, 5) is 35.5. The third kappa shape index (κ3) is 3.78. The first-order valence-corrected chi connectivity index (χ1v) is 10.1. The number of likely N-dealkylation sites (N-methyl/N-ethyl adjacent to an activating group) is 1. The average Bonchev–Trinajstić information content (AvgIpc) is 2.73. The number of carbonyl (C=O) groups excluding carboxylic acids is 1. The number of aryl methyl sites for hydroxylation is 1. The standard InChI is InChI=1S/C22H25N5O3/c1-3-15-6-4-8-17-19(15)22(29)30-21(25-17)16-7-5-9-24-20(16)26-10-12-27(2,13-11-26)14-18(23)28/h4-9H,3,10-14H2,1-2H3,(H-,23,28)/p+1. The number of hydrogen-bond donors (Lipinski definition) is 1. The fourth-order valence-electron chi connectivity index (χ4n) is 4.11. The second-order valence-electron chi connectivity index (χ2n) is 8.02. The molecule has 0 aliphatic carbocycles. The molecule has 8 heteroatoms. The largest absolute Gasteiger partial charge is 0.403 e. The second-order valence-corrected chi connectivity index (χ2v) is 8.02. The lowest BCUT2D eigenvalue weighted by Gasteiger charge is -2.41. The van der Waals surface area contributed by atoms with Gasteiger partial charge in [0, 0.05) is 6.20 Å². The van der Waals surface area contributed by atoms with Crippen molar-refractivity contribution in [3.05, 3.63) is 52.5 Å². The number of fused-ring (bicyclic) bond motifs is 1. The molecule has 2 aromatic heterocycles. The van der Waals surface area contributed by atoms with Crippen molar-refractivity contribution in [2.24, 2.45) is 5.73 Å². The highest BCUT2D eigenvalue weighted by Gasteiger charge is 2.32. The zero-order chi connectivity index (χ0) is 21.3. The Bertz CT molecular complexity index is 1150. The Labute approximate surface area is 174 Å². The first kappa shape index (κ1) is 20.0. The summed E-state index contributed by atoms with van der Waals surface area (Å²) in [6.07, 6.45) is 2.45. The van der Waals surface area contributed by atoms with Gasteiger partial charge in [-0.2, -0.15) is 0 Å². The summed E-state index contributed by atoms with van der Waals surface area (Å²) in [6, 6.07) is 9.34. The fraction of sp³-hybridized carbons (Fsp3) is 0.364. The highest BCUT2D eigenvalue weighted by Crippen LogP contribution is 2.29. The first-order chi connectivity index (χ1) is 14.4. The molecular formula is C22H26N5O3+. The van der Waals surface area contributed by atoms with E-state index in [0.717, 1.165) is 30.9 Å². The van der Waals surface area contributed by atoms with Crippen molar-refractivity contribution in [2.75, 3.05) is 44.7 Å². The van der Waals surface area contributed by atoms with E-state index in [2.05, 4.69) is 14.9 Å². The van der Waals surface area contributed by atoms with E-state index in [1.165, 1.54) is 0 Å². The fourth-order valence-corrected chi connectivity index (χ4v) is 4.11. The Kier molecular flexibility index (Phi) is 5.26. The van der Waals surface area contributed by atoms with Crippen molar-refractivity contribution in [1.82, 2.24) is 9.97 Å². The van der Waals surface area contributed by atoms with Gasteiger partial charge in [0.1, 0.15) is 5.82 Å². The Morgan fingerprint density at radius 2 is 2.00 bits per heavy atom. The van der Waals surface area contributed by atoms with Crippen LogP contribution in [0.4, 0.5) is 5.82 Å². The SMILES string of the molecule is CCc1cccc2nc(-c3cccnc3N3CC[N+](C)(CC(N)=O)CC3)oc(=O)c12. The van der Waals surface area contributed by atoms with E-state index >= 15 is 0 Å². The van der Waals surface area contributed by atoms with Crippen LogP contribution in [0.5, 0.6) is 0 Å². The van der Waals surface area contributed by atoms with Crippen molar-refractivity contribution >= 4 is 22.6 Å². The molecule has 156 valence electrons. The number of pyridine rings is 1. The Hall–Kier alpha value is -3.26. The summed E-state index contributed by atoms with van der Waals surface area (Å²) in [6.45, 7) is 5.30. The smallest absolute Gasteiger partial charge is 0.347 e. The Morgan fingerprint density at radius 1 is 1.23 bits per heavy atom. The topological polar surface area (TPSA) is 102 Å². The first-order valence-electron chi connectivity index (χ1n) is 10.1. The minimum atomic E-state index is -0.383. The number of nitrogens with zero attached hydrogens (tertiary/aromatic N) is 4. The minimum Gasteiger partial charge on any atom is -0.403 e. The number of anilines is 1. The number of benzene rings is 1. The summed E-state index contributed by atoms with van der Waals surface area (Å²) in [7, 11) is 2.04. The quantitative estimate of drug-likeness (QED) is 0.643. The van der Waals surface area contributed by atoms with Gasteiger partial charge in [0.2, 0.25) is 5.89 Å². The number of carbonyl (C=O) groups is 1. The number of piperazine rings is 1. The van der Waals surface area contributed by atoms with Crippen LogP contribution in [0.2, 0.25) is 0 Å². The van der Waals surface area contributed by atoms with Crippen molar-refractivity contribution in [2.45, 2.75) is 13.3 Å². The maximum atomic E-state index is 12.7. The van der Waals surface area contributed by atoms with Crippen molar-refractivity contribution in [3.8, 4) is 11.5 Å². The molecule has 1 saturated heterocycles. The van der Waals surface area contributed by atoms with Crippen molar-refractivity contribution in [1.29, 1.82) is 0 Å². The molecule has 2 N–H and O–H groups in total. The molecule has 1 fully saturated rings. The van der Waals surface area contributed by atoms with Gasteiger partial charge in [0.15, 0.2) is 6.54 Å². The number of aromatic nitrogens is 2. The van der Waals surface area contributed by atoms with Gasteiger partial charge < -0.3 is 19.5 Å². The van der Waals surface area contributed by atoms with Gasteiger partial charge >= 0.3 is 5.63 Å². The van der Waals surface area contributed by atoms with Crippen LogP contribution in [0.1, 0.15) is 12.5 Å². The number of quaternary nitrogens is 1. The van der Waals surface area contributed by atoms with E-state index in [0.29, 0.717) is 40.6 Å². The molecule has 1 aliphatic rings. The minimum absolute atomic E-state index is 0.267. The van der Waals surface area contributed by atoms with E-state index < -0.39 is 0 Å². The van der Waals surface area contributed by atoms with E-state index in [9.17, 15) is 9.59 Å². The van der Waals surface area contributed by atoms with Crippen LogP contribution in [0.15, 0.2) is 45.7 Å². The monoisotopic (exact) mass is 408 g/mol. The summed E-state index contributed by atoms with van der Waals surface area (Å²) in [5, 5.41) is 0.534. The molecule has 0 radical (unpaired) electrons. The summed E-state index contributed by atoms with van der Waals surface area (Å²) < 4.78 is 6.25. The Balaban J connectivity index is 1.70. The van der Waals surface area contributed by atoms with E-state index in [-0.39, 0.29) is 17.4 Å². The number of rotatable bonds is 5. The molecule has 30 heavy (non-hydrogen) atoms. The summed E-state index contributed by atoms with van der Waals surface area (Å²) >= 11 is 0. The van der Waals surface area contributed by atoms with Gasteiger partial charge in [0.25, 0.3) is 5.91 Å². The van der Waals surface area contributed by atoms with Crippen molar-refractivity contribution in [3.63, 3.8) is 0 Å². The van der Waals surface area contributed by atoms with Gasteiger partial charge in [0.05, 0.1) is 49.7 Å². The lowest BCUT2D eigenvalue weighted by molar-refractivity contribution is -0.902. The number of primary amides is 1. The zero-order valence-electron chi connectivity index (χ0n) is 17.3. The average molecular weight is 408 g/mol. The molecule has 1 aromatic carbocycles. The zero-order valence-corrected chi connectivity index (χ0v) is 17.3. The maximum Gasteiger partial charge on any atom is 0.347 e. The van der Waals surface area contributed by atoms with Crippen LogP contribution < -0.4 is 16.3 Å². The summed E-state index contributed by atoms with van der Waals surface area (Å²) in [5.41, 5.74) is 7.26. The molecule has 0 bridgehead atoms. The molecule has 0 atom stereocenters. The number of hydrogen-bond acceptors (Lipinski definition) is 6. The van der Waals surface area contributed by atoms with Gasteiger partial charge in [-0.15, -0.1) is 0 Å². The molecule has 0 spiro atoms. The van der Waals surface area contributed by atoms with Crippen molar-refractivity contribution < 1.29 is 13.7 Å². The third-order valence-electron chi connectivity index (χ3n) is 5.80. The molecule has 8 nitrogen and oxygen atoms in total. The van der Waals surface area contributed by atoms with Crippen LogP contribution in [0.25, 0.3) is 22.4 Å². The number of nitrogens with two attached hydrogens (primary N) is 1. The highest BCUT2D eigenvalue weighted by molar-refractivity contribution is 5.83. The molecule has 1 amide bonds. The molecule has 4 rings (SSSR count). The molecule has 0 unspecified atom stereocenters. The second kappa shape index (κ2) is 7.87. The van der Waals surface area contributed by atoms with Gasteiger partial charge in [-0.3, -0.25) is 4.79 Å². The maximum absolute atomic E-state index is 12.7. The van der Waals surface area contributed by atoms with Gasteiger partial charge in [-0.25, -0.2) is 14.8 Å². The molecule has 3 aromatic rings. The van der Waals surface area contributed by atoms with Crippen LogP contribution in [0.3, 0.4) is 0 Å². The predicted molar refractivity (Wildman–Crippen MR) is 115 cm³/mol. The van der Waals surface area contributed by atoms with Gasteiger partial charge in [-0.1, -0.05) is 19.1 Å². The normalized spacial score (nSPS) is 16.0. The predicted octanol–water partition coefficient (Wildman–Crippen LogP) is 1.56. The lowest BCUT2D eigenvalue weighted by atomic mass is 10.1. The number of amides is 1. The molecular weight excluding hydrogens is 382 g/mol. The molecule has 1 aliphatic heterocycles. The van der Waals surface area contributed by atoms with E-state index in [4.69, 9.17) is 10.2 Å². The van der Waals surface area contributed by atoms with Crippen LogP contribution in [0, 0.1) is 0 Å². The van der Waals surface area contributed by atoms with Crippen LogP contribution >= 0.6 is 0 Å². The van der Waals surface area contributed by atoms with E-state index in [1.54, 1.807) is 6.20 Å².